The van der Waals surface area contributed by atoms with Crippen LogP contribution in [0.4, 0.5) is 0 Å². The van der Waals surface area contributed by atoms with Gasteiger partial charge in [-0.25, -0.2) is 0 Å². The average molecular weight is 591 g/mol. The van der Waals surface area contributed by atoms with Gasteiger partial charge in [0.05, 0.1) is 12.7 Å². The van der Waals surface area contributed by atoms with E-state index in [0.29, 0.717) is 30.1 Å². The number of hydrogen-bond acceptors (Lipinski definition) is 3. The zero-order valence-corrected chi connectivity index (χ0v) is 26.9. The third-order valence-corrected chi connectivity index (χ3v) is 16.6. The molecule has 0 radical (unpaired) electrons. The van der Waals surface area contributed by atoms with E-state index in [0.717, 1.165) is 25.7 Å². The van der Waals surface area contributed by atoms with E-state index in [-0.39, 0.29) is 35.2 Å². The topological polar surface area (TPSA) is 46.5 Å². The van der Waals surface area contributed by atoms with Crippen molar-refractivity contribution in [3.05, 3.63) is 103 Å². The van der Waals surface area contributed by atoms with Gasteiger partial charge in [-0.3, -0.25) is 4.79 Å². The summed E-state index contributed by atoms with van der Waals surface area (Å²) in [5.41, 5.74) is 1.06. The van der Waals surface area contributed by atoms with Crippen molar-refractivity contribution in [3.8, 4) is 0 Å². The summed E-state index contributed by atoms with van der Waals surface area (Å²) in [5.74, 6) is 2.44. The molecule has 0 amide bonds. The van der Waals surface area contributed by atoms with Crippen molar-refractivity contribution in [1.29, 1.82) is 0 Å². The standard InChI is InChI=1S/C39H46O3Si/c1-27-23-29-25-30(41)24-28(2)39(29,26-40)35-21-22-38(3)34(37(27)35)19-20-36(38)42-43(31-13-7-4-8-14-31,32-15-9-5-10-16-32)33-17-11-6-12-18-33/h4-18,25,27-28,34-37,40H,19-24,26H2,1-3H3/t27-,28+,34+,35+,36+,37+,38+,39+/m1/s1. The van der Waals surface area contributed by atoms with Crippen molar-refractivity contribution in [2.45, 2.75) is 65.4 Å². The Morgan fingerprint density at radius 1 is 0.791 bits per heavy atom. The molecule has 3 aromatic rings. The van der Waals surface area contributed by atoms with Crippen LogP contribution in [0.15, 0.2) is 103 Å². The third kappa shape index (κ3) is 4.31. The van der Waals surface area contributed by atoms with Gasteiger partial charge in [-0.1, -0.05) is 117 Å². The van der Waals surface area contributed by atoms with Crippen LogP contribution < -0.4 is 15.6 Å². The fraction of sp³-hybridized carbons (Fsp3) is 0.462. The number of aliphatic hydroxyl groups excluding tert-OH is 1. The van der Waals surface area contributed by atoms with Gasteiger partial charge in [-0.15, -0.1) is 0 Å². The number of rotatable bonds is 6. The highest BCUT2D eigenvalue weighted by Gasteiger charge is 2.64. The fourth-order valence-corrected chi connectivity index (χ4v) is 14.8. The van der Waals surface area contributed by atoms with E-state index in [1.807, 2.05) is 6.08 Å². The lowest BCUT2D eigenvalue weighted by molar-refractivity contribution is -0.132. The fourth-order valence-electron chi connectivity index (χ4n) is 10.6. The van der Waals surface area contributed by atoms with Gasteiger partial charge in [-0.2, -0.15) is 0 Å². The molecule has 3 nitrogen and oxygen atoms in total. The molecule has 0 aliphatic heterocycles. The monoisotopic (exact) mass is 590 g/mol. The van der Waals surface area contributed by atoms with Crippen LogP contribution >= 0.6 is 0 Å². The maximum absolute atomic E-state index is 12.6. The van der Waals surface area contributed by atoms with Crippen LogP contribution in [0.1, 0.15) is 59.3 Å². The van der Waals surface area contributed by atoms with Gasteiger partial charge in [0.1, 0.15) is 0 Å². The first-order valence-electron chi connectivity index (χ1n) is 16.5. The zero-order chi connectivity index (χ0) is 29.8. The van der Waals surface area contributed by atoms with Gasteiger partial charge < -0.3 is 9.53 Å². The second-order valence-electron chi connectivity index (χ2n) is 14.4. The Hall–Kier alpha value is -2.79. The molecule has 4 heteroatoms. The van der Waals surface area contributed by atoms with Crippen LogP contribution in [0, 0.1) is 40.4 Å². The molecule has 0 unspecified atom stereocenters. The van der Waals surface area contributed by atoms with Crippen LogP contribution in [0.2, 0.25) is 0 Å². The first kappa shape index (κ1) is 28.9. The van der Waals surface area contributed by atoms with E-state index < -0.39 is 8.32 Å². The molecule has 8 atom stereocenters. The number of carbonyl (C=O) groups excluding carboxylic acids is 1. The van der Waals surface area contributed by atoms with Crippen LogP contribution in [0.25, 0.3) is 0 Å². The molecule has 224 valence electrons. The molecule has 0 saturated heterocycles. The quantitative estimate of drug-likeness (QED) is 0.282. The maximum Gasteiger partial charge on any atom is 0.288 e. The molecular formula is C39H46O3Si. The Balaban J connectivity index is 1.31. The number of hydrogen-bond donors (Lipinski definition) is 1. The second kappa shape index (κ2) is 11.0. The van der Waals surface area contributed by atoms with E-state index in [9.17, 15) is 9.90 Å². The molecule has 0 bridgehead atoms. The summed E-state index contributed by atoms with van der Waals surface area (Å²) < 4.78 is 7.87. The Kier molecular flexibility index (Phi) is 7.39. The van der Waals surface area contributed by atoms with Gasteiger partial charge in [0, 0.05) is 11.8 Å². The van der Waals surface area contributed by atoms with Gasteiger partial charge in [0.15, 0.2) is 5.78 Å². The van der Waals surface area contributed by atoms with Crippen molar-refractivity contribution in [2.75, 3.05) is 6.61 Å². The van der Waals surface area contributed by atoms with Crippen LogP contribution in [-0.4, -0.2) is 31.9 Å². The maximum atomic E-state index is 12.6. The summed E-state index contributed by atoms with van der Waals surface area (Å²) in [5, 5.41) is 15.0. The molecular weight excluding hydrogens is 545 g/mol. The van der Waals surface area contributed by atoms with Gasteiger partial charge in [0.2, 0.25) is 0 Å². The van der Waals surface area contributed by atoms with Crippen LogP contribution in [0.5, 0.6) is 0 Å². The highest BCUT2D eigenvalue weighted by atomic mass is 28.4. The van der Waals surface area contributed by atoms with Crippen molar-refractivity contribution >= 4 is 29.7 Å². The van der Waals surface area contributed by atoms with Gasteiger partial charge >= 0.3 is 0 Å². The highest BCUT2D eigenvalue weighted by Crippen LogP contribution is 2.68. The molecule has 3 saturated carbocycles. The summed E-state index contributed by atoms with van der Waals surface area (Å²) in [6, 6.07) is 33.0. The van der Waals surface area contributed by atoms with E-state index in [1.165, 1.54) is 27.6 Å². The predicted molar refractivity (Wildman–Crippen MR) is 176 cm³/mol. The van der Waals surface area contributed by atoms with E-state index >= 15 is 0 Å². The molecule has 3 fully saturated rings. The third-order valence-electron chi connectivity index (χ3n) is 12.5. The summed E-state index contributed by atoms with van der Waals surface area (Å²) in [4.78, 5) is 12.6. The largest absolute Gasteiger partial charge is 0.401 e. The molecule has 3 aromatic carbocycles. The smallest absolute Gasteiger partial charge is 0.288 e. The average Bonchev–Trinajstić information content (AvgIpc) is 3.36. The number of aliphatic hydroxyl groups is 1. The molecule has 7 rings (SSSR count). The number of benzene rings is 3. The van der Waals surface area contributed by atoms with Crippen LogP contribution in [0.3, 0.4) is 0 Å². The van der Waals surface area contributed by atoms with Crippen molar-refractivity contribution in [2.24, 2.45) is 40.4 Å². The summed E-state index contributed by atoms with van der Waals surface area (Å²) in [6.07, 6.45) is 8.03. The predicted octanol–water partition coefficient (Wildman–Crippen LogP) is 6.04. The minimum absolute atomic E-state index is 0.0671. The molecule has 0 heterocycles. The summed E-state index contributed by atoms with van der Waals surface area (Å²) >= 11 is 0. The van der Waals surface area contributed by atoms with Crippen LogP contribution in [-0.2, 0) is 9.22 Å². The second-order valence-corrected chi connectivity index (χ2v) is 17.7. The Labute approximate surface area is 258 Å². The Morgan fingerprint density at radius 3 is 1.88 bits per heavy atom. The lowest BCUT2D eigenvalue weighted by Gasteiger charge is -2.62. The molecule has 1 N–H and O–H groups in total. The summed E-state index contributed by atoms with van der Waals surface area (Å²) in [6.45, 7) is 7.34. The van der Waals surface area contributed by atoms with Crippen molar-refractivity contribution in [1.82, 2.24) is 0 Å². The molecule has 43 heavy (non-hydrogen) atoms. The minimum atomic E-state index is -2.83. The minimum Gasteiger partial charge on any atom is -0.401 e. The van der Waals surface area contributed by atoms with E-state index in [2.05, 4.69) is 112 Å². The van der Waals surface area contributed by atoms with Gasteiger partial charge in [-0.05, 0) is 88.7 Å². The number of carbonyl (C=O) groups is 1. The summed E-state index contributed by atoms with van der Waals surface area (Å²) in [7, 11) is -2.83. The van der Waals surface area contributed by atoms with E-state index in [4.69, 9.17) is 4.43 Å². The number of fused-ring (bicyclic) bond motifs is 5. The Bertz CT molecular complexity index is 1390. The first-order chi connectivity index (χ1) is 20.8. The normalized spacial score (nSPS) is 35.4. The SMILES string of the molecule is C[C@@H]1CC2=CC(=O)C[C@H](C)[C@]2(CO)[C@H]2CC[C@]3(C)[C@@H](O[Si](c4ccccc4)(c4ccccc4)c4ccccc4)CC[C@H]3[C@H]12. The first-order valence-corrected chi connectivity index (χ1v) is 18.4. The lowest BCUT2D eigenvalue weighted by atomic mass is 9.43. The highest BCUT2D eigenvalue weighted by molar-refractivity contribution is 7.07. The number of ketones is 1. The van der Waals surface area contributed by atoms with Crippen molar-refractivity contribution < 1.29 is 14.3 Å². The molecule has 4 aliphatic rings. The Morgan fingerprint density at radius 2 is 1.35 bits per heavy atom. The molecule has 4 aliphatic carbocycles. The van der Waals surface area contributed by atoms with Crippen molar-refractivity contribution in [3.63, 3.8) is 0 Å². The van der Waals surface area contributed by atoms with Gasteiger partial charge in [0.25, 0.3) is 8.32 Å². The van der Waals surface area contributed by atoms with E-state index in [1.54, 1.807) is 0 Å². The lowest BCUT2D eigenvalue weighted by Crippen LogP contribution is -2.71. The molecule has 0 spiro atoms. The molecule has 0 aromatic heterocycles. The zero-order valence-electron chi connectivity index (χ0n) is 25.9.